The molecule has 0 saturated carbocycles. The standard InChI is InChI=1S/C22H11N3OS/c23-12-15(13-24)9-14-10-19-22-21(11-14)27-20-8-4-2-6-17(20)25(22)16-5-1-3-7-18(16)26-19/h1-11H. The van der Waals surface area contributed by atoms with Gasteiger partial charge in [0.2, 0.25) is 0 Å². The fraction of sp³-hybridized carbons (Fsp3) is 0. The highest BCUT2D eigenvalue weighted by molar-refractivity contribution is 7.99. The van der Waals surface area contributed by atoms with Gasteiger partial charge in [0.25, 0.3) is 0 Å². The van der Waals surface area contributed by atoms with E-state index < -0.39 is 0 Å². The van der Waals surface area contributed by atoms with Crippen LogP contribution in [-0.4, -0.2) is 0 Å². The summed E-state index contributed by atoms with van der Waals surface area (Å²) in [5.74, 6) is 1.49. The molecule has 5 heteroatoms. The number of hydrogen-bond donors (Lipinski definition) is 0. The number of rotatable bonds is 1. The molecule has 0 fully saturated rings. The number of nitrogens with zero attached hydrogens (tertiary/aromatic N) is 3. The number of allylic oxidation sites excluding steroid dienone is 1. The molecular formula is C22H11N3OS. The second-order valence-corrected chi connectivity index (χ2v) is 7.21. The number of nitriles is 2. The van der Waals surface area contributed by atoms with Crippen LogP contribution in [0.1, 0.15) is 5.56 Å². The van der Waals surface area contributed by atoms with Crippen LogP contribution in [0.25, 0.3) is 6.08 Å². The maximum atomic E-state index is 9.08. The number of benzene rings is 3. The minimum atomic E-state index is 0.0661. The third-order valence-electron chi connectivity index (χ3n) is 4.49. The Balaban J connectivity index is 1.78. The highest BCUT2D eigenvalue weighted by atomic mass is 32.2. The van der Waals surface area contributed by atoms with Crippen molar-refractivity contribution in [1.82, 2.24) is 0 Å². The van der Waals surface area contributed by atoms with Crippen LogP contribution in [0.15, 0.2) is 76.0 Å². The summed E-state index contributed by atoms with van der Waals surface area (Å²) in [5, 5.41) is 18.2. The summed E-state index contributed by atoms with van der Waals surface area (Å²) in [5.41, 5.74) is 3.94. The van der Waals surface area contributed by atoms with E-state index in [1.807, 2.05) is 60.7 Å². The lowest BCUT2D eigenvalue weighted by Crippen LogP contribution is -2.19. The van der Waals surface area contributed by atoms with Crippen molar-refractivity contribution in [3.8, 4) is 23.6 Å². The van der Waals surface area contributed by atoms with Crippen LogP contribution in [0.4, 0.5) is 17.1 Å². The first-order chi connectivity index (χ1) is 13.3. The van der Waals surface area contributed by atoms with Gasteiger partial charge >= 0.3 is 0 Å². The van der Waals surface area contributed by atoms with Gasteiger partial charge in [-0.2, -0.15) is 10.5 Å². The summed E-state index contributed by atoms with van der Waals surface area (Å²) in [6, 6.07) is 23.9. The molecule has 2 aliphatic rings. The Kier molecular flexibility index (Phi) is 3.43. The first kappa shape index (κ1) is 15.6. The van der Waals surface area contributed by atoms with Crippen molar-refractivity contribution < 1.29 is 4.74 Å². The van der Waals surface area contributed by atoms with Crippen molar-refractivity contribution in [3.63, 3.8) is 0 Å². The van der Waals surface area contributed by atoms with E-state index in [1.165, 1.54) is 0 Å². The second kappa shape index (κ2) is 5.95. The fourth-order valence-electron chi connectivity index (χ4n) is 3.38. The van der Waals surface area contributed by atoms with Crippen molar-refractivity contribution >= 4 is 34.9 Å². The molecule has 0 bridgehead atoms. The van der Waals surface area contributed by atoms with Crippen molar-refractivity contribution in [2.75, 3.05) is 4.90 Å². The molecule has 0 saturated heterocycles. The van der Waals surface area contributed by atoms with Crippen molar-refractivity contribution in [2.45, 2.75) is 9.79 Å². The SMILES string of the molecule is N#CC(C#N)=Cc1cc2c3c(c1)Sc1ccccc1N3c1ccccc1O2. The molecule has 0 amide bonds. The van der Waals surface area contributed by atoms with Crippen LogP contribution in [0.5, 0.6) is 11.5 Å². The number of fused-ring (bicyclic) bond motifs is 4. The van der Waals surface area contributed by atoms with Crippen LogP contribution < -0.4 is 9.64 Å². The molecule has 126 valence electrons. The molecule has 0 aliphatic carbocycles. The third kappa shape index (κ3) is 2.38. The third-order valence-corrected chi connectivity index (χ3v) is 5.59. The molecule has 2 heterocycles. The zero-order valence-corrected chi connectivity index (χ0v) is 14.8. The lowest BCUT2D eigenvalue weighted by Gasteiger charge is -2.38. The van der Waals surface area contributed by atoms with E-state index in [1.54, 1.807) is 17.8 Å². The van der Waals surface area contributed by atoms with Gasteiger partial charge in [-0.15, -0.1) is 0 Å². The van der Waals surface area contributed by atoms with Gasteiger partial charge in [0.05, 0.1) is 11.4 Å². The van der Waals surface area contributed by atoms with Crippen LogP contribution in [0, 0.1) is 22.7 Å². The van der Waals surface area contributed by atoms with Crippen molar-refractivity contribution in [1.29, 1.82) is 10.5 Å². The van der Waals surface area contributed by atoms with Gasteiger partial charge in [0.15, 0.2) is 11.5 Å². The molecule has 0 N–H and O–H groups in total. The number of ether oxygens (including phenoxy) is 1. The van der Waals surface area contributed by atoms with Gasteiger partial charge in [-0.1, -0.05) is 36.0 Å². The molecule has 2 aliphatic heterocycles. The van der Waals surface area contributed by atoms with Gasteiger partial charge in [0.1, 0.15) is 23.4 Å². The fourth-order valence-corrected chi connectivity index (χ4v) is 4.51. The molecule has 4 nitrogen and oxygen atoms in total. The van der Waals surface area contributed by atoms with Gasteiger partial charge in [-0.3, -0.25) is 0 Å². The predicted molar refractivity (Wildman–Crippen MR) is 105 cm³/mol. The number of hydrogen-bond acceptors (Lipinski definition) is 5. The minimum Gasteiger partial charge on any atom is -0.453 e. The van der Waals surface area contributed by atoms with Gasteiger partial charge < -0.3 is 9.64 Å². The van der Waals surface area contributed by atoms with Crippen molar-refractivity contribution in [3.05, 3.63) is 71.8 Å². The highest BCUT2D eigenvalue weighted by Gasteiger charge is 2.33. The Morgan fingerprint density at radius 1 is 0.889 bits per heavy atom. The van der Waals surface area contributed by atoms with Crippen LogP contribution in [-0.2, 0) is 0 Å². The molecule has 27 heavy (non-hydrogen) atoms. The Hall–Kier alpha value is -3.67. The Morgan fingerprint density at radius 3 is 2.44 bits per heavy atom. The predicted octanol–water partition coefficient (Wildman–Crippen LogP) is 6.16. The summed E-state index contributed by atoms with van der Waals surface area (Å²) < 4.78 is 6.18. The normalized spacial score (nSPS) is 12.4. The Labute approximate surface area is 160 Å². The first-order valence-electron chi connectivity index (χ1n) is 8.32. The maximum absolute atomic E-state index is 9.08. The number of anilines is 3. The van der Waals surface area contributed by atoms with E-state index in [2.05, 4.69) is 17.0 Å². The summed E-state index contributed by atoms with van der Waals surface area (Å²) in [4.78, 5) is 4.40. The Morgan fingerprint density at radius 2 is 1.63 bits per heavy atom. The van der Waals surface area contributed by atoms with E-state index in [0.717, 1.165) is 43.9 Å². The monoisotopic (exact) mass is 365 g/mol. The lowest BCUT2D eigenvalue weighted by atomic mass is 10.1. The largest absolute Gasteiger partial charge is 0.453 e. The quantitative estimate of drug-likeness (QED) is 0.333. The molecule has 3 aromatic rings. The molecule has 0 unspecified atom stereocenters. The first-order valence-corrected chi connectivity index (χ1v) is 9.14. The van der Waals surface area contributed by atoms with Crippen LogP contribution in [0.2, 0.25) is 0 Å². The highest BCUT2D eigenvalue weighted by Crippen LogP contribution is 2.59. The Bertz CT molecular complexity index is 1130. The zero-order valence-electron chi connectivity index (χ0n) is 14.0. The smallest absolute Gasteiger partial charge is 0.153 e. The van der Waals surface area contributed by atoms with E-state index in [0.29, 0.717) is 0 Å². The minimum absolute atomic E-state index is 0.0661. The molecule has 0 spiro atoms. The molecule has 3 aromatic carbocycles. The summed E-state index contributed by atoms with van der Waals surface area (Å²) in [6.45, 7) is 0. The molecule has 5 rings (SSSR count). The summed E-state index contributed by atoms with van der Waals surface area (Å²) in [7, 11) is 0. The van der Waals surface area contributed by atoms with Crippen molar-refractivity contribution in [2.24, 2.45) is 0 Å². The summed E-state index contributed by atoms with van der Waals surface area (Å²) >= 11 is 1.66. The zero-order chi connectivity index (χ0) is 18.4. The average molecular weight is 365 g/mol. The van der Waals surface area contributed by atoms with Gasteiger partial charge in [0, 0.05) is 9.79 Å². The van der Waals surface area contributed by atoms with Gasteiger partial charge in [-0.05, 0) is 48.0 Å². The van der Waals surface area contributed by atoms with Crippen LogP contribution >= 0.6 is 11.8 Å². The summed E-state index contributed by atoms with van der Waals surface area (Å²) in [6.07, 6.45) is 1.59. The number of para-hydroxylation sites is 3. The molecule has 0 radical (unpaired) electrons. The van der Waals surface area contributed by atoms with E-state index in [9.17, 15) is 0 Å². The van der Waals surface area contributed by atoms with E-state index in [4.69, 9.17) is 15.3 Å². The topological polar surface area (TPSA) is 60.0 Å². The molecule has 0 aromatic heterocycles. The molecular weight excluding hydrogens is 354 g/mol. The average Bonchev–Trinajstić information content (AvgIpc) is 2.71. The van der Waals surface area contributed by atoms with Crippen LogP contribution in [0.3, 0.4) is 0 Å². The second-order valence-electron chi connectivity index (χ2n) is 6.12. The van der Waals surface area contributed by atoms with E-state index in [-0.39, 0.29) is 5.57 Å². The molecule has 0 atom stereocenters. The van der Waals surface area contributed by atoms with E-state index >= 15 is 0 Å². The lowest BCUT2D eigenvalue weighted by molar-refractivity contribution is 0.475. The maximum Gasteiger partial charge on any atom is 0.153 e. The van der Waals surface area contributed by atoms with Gasteiger partial charge in [-0.25, -0.2) is 0 Å².